The van der Waals surface area contributed by atoms with Gasteiger partial charge in [0.05, 0.1) is 18.0 Å². The van der Waals surface area contributed by atoms with Crippen LogP contribution in [0.25, 0.3) is 0 Å². The van der Waals surface area contributed by atoms with Crippen molar-refractivity contribution in [3.05, 3.63) is 29.8 Å². The first-order valence-electron chi connectivity index (χ1n) is 9.18. The number of aliphatic imine (C=N–C) groups is 1. The summed E-state index contributed by atoms with van der Waals surface area (Å²) < 4.78 is 32.2. The molecule has 27 heavy (non-hydrogen) atoms. The third-order valence-electron chi connectivity index (χ3n) is 4.21. The molecule has 2 rings (SSSR count). The number of benzene rings is 1. The van der Waals surface area contributed by atoms with Gasteiger partial charge in [-0.3, -0.25) is 0 Å². The lowest BCUT2D eigenvalue weighted by molar-refractivity contribution is 0.203. The Kier molecular flexibility index (Phi) is 11.2. The second-order valence-corrected chi connectivity index (χ2v) is 8.16. The highest BCUT2D eigenvalue weighted by molar-refractivity contribution is 14.0. The van der Waals surface area contributed by atoms with Crippen LogP contribution in [-0.4, -0.2) is 58.6 Å². The molecule has 1 aromatic carbocycles. The zero-order chi connectivity index (χ0) is 18.8. The molecule has 2 N–H and O–H groups in total. The molecular weight excluding hydrogens is 479 g/mol. The largest absolute Gasteiger partial charge is 0.383 e. The van der Waals surface area contributed by atoms with Crippen molar-refractivity contribution in [1.29, 1.82) is 0 Å². The van der Waals surface area contributed by atoms with Gasteiger partial charge >= 0.3 is 0 Å². The van der Waals surface area contributed by atoms with Crippen LogP contribution in [0.5, 0.6) is 0 Å². The number of sulfonamides is 1. The Morgan fingerprint density at radius 3 is 2.63 bits per heavy atom. The number of methoxy groups -OCH3 is 1. The number of halogens is 1. The summed E-state index contributed by atoms with van der Waals surface area (Å²) in [5, 5.41) is 6.34. The highest BCUT2D eigenvalue weighted by atomic mass is 127. The van der Waals surface area contributed by atoms with Gasteiger partial charge in [-0.05, 0) is 37.5 Å². The zero-order valence-electron chi connectivity index (χ0n) is 16.1. The monoisotopic (exact) mass is 510 g/mol. The minimum absolute atomic E-state index is 0. The van der Waals surface area contributed by atoms with Crippen LogP contribution < -0.4 is 10.6 Å². The standard InChI is InChI=1S/C18H30N4O3S.HI/c1-3-19-18(20-10-13-25-2)21-15-16-8-7-9-17(14-16)26(23,24)22-11-5-4-6-12-22;/h7-9,14H,3-6,10-13,15H2,1-2H3,(H2,19,20,21);1H. The number of ether oxygens (including phenoxy) is 1. The average molecular weight is 510 g/mol. The Hall–Kier alpha value is -0.910. The molecule has 1 saturated heterocycles. The lowest BCUT2D eigenvalue weighted by atomic mass is 10.2. The number of rotatable bonds is 8. The van der Waals surface area contributed by atoms with Crippen molar-refractivity contribution in [3.8, 4) is 0 Å². The summed E-state index contributed by atoms with van der Waals surface area (Å²) in [5.74, 6) is 0.689. The smallest absolute Gasteiger partial charge is 0.243 e. The van der Waals surface area contributed by atoms with E-state index in [0.717, 1.165) is 31.4 Å². The van der Waals surface area contributed by atoms with Gasteiger partial charge in [-0.15, -0.1) is 24.0 Å². The molecule has 1 fully saturated rings. The predicted molar refractivity (Wildman–Crippen MR) is 119 cm³/mol. The highest BCUT2D eigenvalue weighted by Crippen LogP contribution is 2.21. The summed E-state index contributed by atoms with van der Waals surface area (Å²) in [6, 6.07) is 7.08. The Balaban J connectivity index is 0.00000364. The summed E-state index contributed by atoms with van der Waals surface area (Å²) in [6.45, 7) is 5.63. The Bertz CT molecular complexity index is 692. The first-order valence-corrected chi connectivity index (χ1v) is 10.6. The van der Waals surface area contributed by atoms with Crippen LogP contribution in [0.1, 0.15) is 31.7 Å². The average Bonchev–Trinajstić information content (AvgIpc) is 2.67. The Labute approximate surface area is 180 Å². The van der Waals surface area contributed by atoms with E-state index < -0.39 is 10.0 Å². The van der Waals surface area contributed by atoms with Crippen LogP contribution in [0.3, 0.4) is 0 Å². The molecule has 0 aromatic heterocycles. The van der Waals surface area contributed by atoms with Crippen molar-refractivity contribution in [1.82, 2.24) is 14.9 Å². The van der Waals surface area contributed by atoms with Crippen molar-refractivity contribution in [3.63, 3.8) is 0 Å². The Morgan fingerprint density at radius 2 is 1.96 bits per heavy atom. The first kappa shape index (κ1) is 24.1. The predicted octanol–water partition coefficient (Wildman–Crippen LogP) is 2.18. The molecule has 9 heteroatoms. The second-order valence-electron chi connectivity index (χ2n) is 6.23. The number of nitrogens with zero attached hydrogens (tertiary/aromatic N) is 2. The molecule has 0 spiro atoms. The van der Waals surface area contributed by atoms with Crippen molar-refractivity contribution < 1.29 is 13.2 Å². The number of hydrogen-bond donors (Lipinski definition) is 2. The molecule has 0 bridgehead atoms. The highest BCUT2D eigenvalue weighted by Gasteiger charge is 2.25. The summed E-state index contributed by atoms with van der Waals surface area (Å²) in [7, 11) is -1.76. The fourth-order valence-electron chi connectivity index (χ4n) is 2.84. The molecule has 0 atom stereocenters. The molecule has 0 aliphatic carbocycles. The maximum atomic E-state index is 12.8. The molecule has 0 unspecified atom stereocenters. The first-order chi connectivity index (χ1) is 12.6. The molecule has 154 valence electrons. The maximum absolute atomic E-state index is 12.8. The number of nitrogens with one attached hydrogen (secondary N) is 2. The summed E-state index contributed by atoms with van der Waals surface area (Å²) in [4.78, 5) is 4.87. The summed E-state index contributed by atoms with van der Waals surface area (Å²) >= 11 is 0. The van der Waals surface area contributed by atoms with E-state index in [0.29, 0.717) is 43.6 Å². The van der Waals surface area contributed by atoms with E-state index in [2.05, 4.69) is 15.6 Å². The molecule has 0 radical (unpaired) electrons. The molecule has 1 aliphatic heterocycles. The fraction of sp³-hybridized carbons (Fsp3) is 0.611. The van der Waals surface area contributed by atoms with Crippen LogP contribution in [-0.2, 0) is 21.3 Å². The molecular formula is C18H31IN4O3S. The van der Waals surface area contributed by atoms with E-state index in [-0.39, 0.29) is 24.0 Å². The van der Waals surface area contributed by atoms with Gasteiger partial charge in [0, 0.05) is 33.3 Å². The lowest BCUT2D eigenvalue weighted by Crippen LogP contribution is -2.38. The lowest BCUT2D eigenvalue weighted by Gasteiger charge is -2.26. The van der Waals surface area contributed by atoms with E-state index in [1.165, 1.54) is 0 Å². The van der Waals surface area contributed by atoms with Crippen molar-refractivity contribution >= 4 is 40.0 Å². The number of piperidine rings is 1. The van der Waals surface area contributed by atoms with E-state index in [9.17, 15) is 8.42 Å². The van der Waals surface area contributed by atoms with Gasteiger partial charge in [-0.1, -0.05) is 18.6 Å². The quantitative estimate of drug-likeness (QED) is 0.243. The third kappa shape index (κ3) is 7.55. The minimum Gasteiger partial charge on any atom is -0.383 e. The van der Waals surface area contributed by atoms with Crippen LogP contribution in [0.4, 0.5) is 0 Å². The molecule has 1 heterocycles. The van der Waals surface area contributed by atoms with Gasteiger partial charge in [-0.25, -0.2) is 13.4 Å². The van der Waals surface area contributed by atoms with Crippen LogP contribution in [0.15, 0.2) is 34.2 Å². The van der Waals surface area contributed by atoms with E-state index in [4.69, 9.17) is 4.74 Å². The van der Waals surface area contributed by atoms with Gasteiger partial charge in [0.2, 0.25) is 10.0 Å². The minimum atomic E-state index is -3.41. The second kappa shape index (κ2) is 12.5. The van der Waals surface area contributed by atoms with Gasteiger partial charge in [-0.2, -0.15) is 4.31 Å². The van der Waals surface area contributed by atoms with Crippen LogP contribution in [0.2, 0.25) is 0 Å². The van der Waals surface area contributed by atoms with Crippen molar-refractivity contribution in [2.24, 2.45) is 4.99 Å². The molecule has 1 aliphatic rings. The topological polar surface area (TPSA) is 83.0 Å². The Morgan fingerprint density at radius 1 is 1.22 bits per heavy atom. The van der Waals surface area contributed by atoms with E-state index in [1.54, 1.807) is 29.6 Å². The maximum Gasteiger partial charge on any atom is 0.243 e. The normalized spacial score (nSPS) is 15.9. The molecule has 1 aromatic rings. The SMILES string of the molecule is CCNC(=NCc1cccc(S(=O)(=O)N2CCCCC2)c1)NCCOC.I. The summed E-state index contributed by atoms with van der Waals surface area (Å²) in [6.07, 6.45) is 2.97. The van der Waals surface area contributed by atoms with E-state index >= 15 is 0 Å². The van der Waals surface area contributed by atoms with Crippen LogP contribution >= 0.6 is 24.0 Å². The number of guanidine groups is 1. The van der Waals surface area contributed by atoms with Gasteiger partial charge in [0.1, 0.15) is 0 Å². The van der Waals surface area contributed by atoms with Gasteiger partial charge in [0.15, 0.2) is 5.96 Å². The molecule has 7 nitrogen and oxygen atoms in total. The van der Waals surface area contributed by atoms with Gasteiger partial charge < -0.3 is 15.4 Å². The zero-order valence-corrected chi connectivity index (χ0v) is 19.3. The molecule has 0 amide bonds. The third-order valence-corrected chi connectivity index (χ3v) is 6.11. The van der Waals surface area contributed by atoms with Crippen molar-refractivity contribution in [2.75, 3.05) is 39.9 Å². The van der Waals surface area contributed by atoms with E-state index in [1.807, 2.05) is 13.0 Å². The summed E-state index contributed by atoms with van der Waals surface area (Å²) in [5.41, 5.74) is 0.868. The number of hydrogen-bond acceptors (Lipinski definition) is 4. The van der Waals surface area contributed by atoms with Crippen LogP contribution in [0, 0.1) is 0 Å². The fourth-order valence-corrected chi connectivity index (χ4v) is 4.43. The van der Waals surface area contributed by atoms with Gasteiger partial charge in [0.25, 0.3) is 0 Å². The van der Waals surface area contributed by atoms with Crippen molar-refractivity contribution in [2.45, 2.75) is 37.6 Å². The molecule has 0 saturated carbocycles.